The molecule has 0 fully saturated rings. The molecule has 1 aromatic carbocycles. The third-order valence-electron chi connectivity index (χ3n) is 2.96. The van der Waals surface area contributed by atoms with E-state index in [9.17, 15) is 4.79 Å². The van der Waals surface area contributed by atoms with Gasteiger partial charge in [-0.3, -0.25) is 4.79 Å². The molecular weight excluding hydrogens is 315 g/mol. The standard InChI is InChI=1S/C14H21ClN2O3.ClH/c1-9(17-14(18)12(16)8-19-2)13(20-3)10-4-6-11(15)7-5-10;/h4-7,9,12-13H,8,16H2,1-3H3,(H,17,18);1H. The Labute approximate surface area is 136 Å². The number of halogens is 2. The van der Waals surface area contributed by atoms with Crippen LogP contribution in [0.4, 0.5) is 0 Å². The Morgan fingerprint density at radius 3 is 2.38 bits per heavy atom. The minimum Gasteiger partial charge on any atom is -0.383 e. The van der Waals surface area contributed by atoms with Crippen molar-refractivity contribution < 1.29 is 14.3 Å². The summed E-state index contributed by atoms with van der Waals surface area (Å²) in [5, 5.41) is 3.48. The minimum absolute atomic E-state index is 0. The van der Waals surface area contributed by atoms with Gasteiger partial charge in [0.05, 0.1) is 12.6 Å². The number of methoxy groups -OCH3 is 2. The number of ether oxygens (including phenoxy) is 2. The van der Waals surface area contributed by atoms with Gasteiger partial charge in [-0.15, -0.1) is 12.4 Å². The topological polar surface area (TPSA) is 73.6 Å². The predicted octanol–water partition coefficient (Wildman–Crippen LogP) is 1.93. The van der Waals surface area contributed by atoms with E-state index in [2.05, 4.69) is 5.32 Å². The summed E-state index contributed by atoms with van der Waals surface area (Å²) in [5.41, 5.74) is 6.62. The molecule has 120 valence electrons. The van der Waals surface area contributed by atoms with Gasteiger partial charge >= 0.3 is 0 Å². The molecule has 0 aliphatic rings. The van der Waals surface area contributed by atoms with Crippen LogP contribution in [0.5, 0.6) is 0 Å². The van der Waals surface area contributed by atoms with Crippen LogP contribution < -0.4 is 11.1 Å². The maximum atomic E-state index is 11.9. The Kier molecular flexibility index (Phi) is 9.57. The lowest BCUT2D eigenvalue weighted by Crippen LogP contribution is -2.48. The van der Waals surface area contributed by atoms with Gasteiger partial charge < -0.3 is 20.5 Å². The number of hydrogen-bond acceptors (Lipinski definition) is 4. The Balaban J connectivity index is 0.00000400. The largest absolute Gasteiger partial charge is 0.383 e. The van der Waals surface area contributed by atoms with Crippen LogP contribution in [-0.4, -0.2) is 38.8 Å². The Bertz CT molecular complexity index is 429. The molecule has 7 heteroatoms. The van der Waals surface area contributed by atoms with Crippen molar-refractivity contribution in [2.45, 2.75) is 25.1 Å². The summed E-state index contributed by atoms with van der Waals surface area (Å²) in [6, 6.07) is 6.40. The molecule has 1 aromatic rings. The van der Waals surface area contributed by atoms with Gasteiger partial charge in [-0.25, -0.2) is 0 Å². The Morgan fingerprint density at radius 2 is 1.90 bits per heavy atom. The number of rotatable bonds is 7. The summed E-state index contributed by atoms with van der Waals surface area (Å²) >= 11 is 5.86. The minimum atomic E-state index is -0.690. The highest BCUT2D eigenvalue weighted by molar-refractivity contribution is 6.30. The molecule has 0 bridgehead atoms. The second-order valence-electron chi connectivity index (χ2n) is 4.57. The molecule has 0 heterocycles. The number of benzene rings is 1. The van der Waals surface area contributed by atoms with Crippen LogP contribution in [0, 0.1) is 0 Å². The maximum absolute atomic E-state index is 11.9. The normalized spacial score (nSPS) is 14.7. The Hall–Kier alpha value is -0.850. The van der Waals surface area contributed by atoms with Gasteiger partial charge in [-0.05, 0) is 24.6 Å². The molecule has 0 saturated heterocycles. The zero-order valence-electron chi connectivity index (χ0n) is 12.3. The van der Waals surface area contributed by atoms with Crippen LogP contribution in [-0.2, 0) is 14.3 Å². The quantitative estimate of drug-likeness (QED) is 0.797. The highest BCUT2D eigenvalue weighted by Crippen LogP contribution is 2.22. The molecule has 3 unspecified atom stereocenters. The van der Waals surface area contributed by atoms with E-state index in [-0.39, 0.29) is 37.1 Å². The lowest BCUT2D eigenvalue weighted by atomic mass is 10.0. The van der Waals surface area contributed by atoms with Crippen LogP contribution >= 0.6 is 24.0 Å². The molecule has 0 aromatic heterocycles. The summed E-state index contributed by atoms with van der Waals surface area (Å²) in [5.74, 6) is -0.268. The fraction of sp³-hybridized carbons (Fsp3) is 0.500. The van der Waals surface area contributed by atoms with Gasteiger partial charge in [0, 0.05) is 19.2 Å². The number of amides is 1. The SMILES string of the molecule is COCC(N)C(=O)NC(C)C(OC)c1ccc(Cl)cc1.Cl. The van der Waals surface area contributed by atoms with Crippen molar-refractivity contribution in [3.8, 4) is 0 Å². The summed E-state index contributed by atoms with van der Waals surface area (Å²) in [6.45, 7) is 2.04. The fourth-order valence-corrected chi connectivity index (χ4v) is 2.07. The van der Waals surface area contributed by atoms with Gasteiger partial charge in [0.1, 0.15) is 12.1 Å². The second kappa shape index (κ2) is 9.97. The molecule has 1 rings (SSSR count). The van der Waals surface area contributed by atoms with E-state index in [0.717, 1.165) is 5.56 Å². The van der Waals surface area contributed by atoms with E-state index in [0.29, 0.717) is 5.02 Å². The summed E-state index contributed by atoms with van der Waals surface area (Å²) in [4.78, 5) is 11.9. The van der Waals surface area contributed by atoms with E-state index >= 15 is 0 Å². The smallest absolute Gasteiger partial charge is 0.239 e. The van der Waals surface area contributed by atoms with Crippen molar-refractivity contribution in [1.82, 2.24) is 5.32 Å². The number of carbonyl (C=O) groups excluding carboxylic acids is 1. The molecule has 3 atom stereocenters. The lowest BCUT2D eigenvalue weighted by Gasteiger charge is -2.25. The first-order chi connectivity index (χ1) is 9.49. The molecule has 21 heavy (non-hydrogen) atoms. The van der Waals surface area contributed by atoms with Gasteiger partial charge in [-0.1, -0.05) is 23.7 Å². The van der Waals surface area contributed by atoms with Crippen LogP contribution in [0.15, 0.2) is 24.3 Å². The van der Waals surface area contributed by atoms with Crippen LogP contribution in [0.2, 0.25) is 5.02 Å². The lowest BCUT2D eigenvalue weighted by molar-refractivity contribution is -0.125. The molecule has 5 nitrogen and oxygen atoms in total. The third-order valence-corrected chi connectivity index (χ3v) is 3.21. The monoisotopic (exact) mass is 336 g/mol. The molecule has 1 amide bonds. The zero-order valence-corrected chi connectivity index (χ0v) is 13.9. The molecule has 0 radical (unpaired) electrons. The predicted molar refractivity (Wildman–Crippen MR) is 85.9 cm³/mol. The van der Waals surface area contributed by atoms with Gasteiger partial charge in [0.15, 0.2) is 0 Å². The van der Waals surface area contributed by atoms with E-state index in [1.54, 1.807) is 19.2 Å². The van der Waals surface area contributed by atoms with E-state index in [4.69, 9.17) is 26.8 Å². The molecule has 0 saturated carbocycles. The van der Waals surface area contributed by atoms with Crippen molar-refractivity contribution in [2.24, 2.45) is 5.73 Å². The molecule has 0 aliphatic heterocycles. The number of hydrogen-bond donors (Lipinski definition) is 2. The second-order valence-corrected chi connectivity index (χ2v) is 5.00. The van der Waals surface area contributed by atoms with Gasteiger partial charge in [0.2, 0.25) is 5.91 Å². The molecular formula is C14H22Cl2N2O3. The number of nitrogens with one attached hydrogen (secondary N) is 1. The number of carbonyl (C=O) groups is 1. The average molecular weight is 337 g/mol. The third kappa shape index (κ3) is 6.20. The summed E-state index contributed by atoms with van der Waals surface area (Å²) in [7, 11) is 3.10. The zero-order chi connectivity index (χ0) is 15.1. The van der Waals surface area contributed by atoms with Crippen molar-refractivity contribution in [2.75, 3.05) is 20.8 Å². The first kappa shape index (κ1) is 20.1. The fourth-order valence-electron chi connectivity index (χ4n) is 1.94. The van der Waals surface area contributed by atoms with Crippen LogP contribution in [0.1, 0.15) is 18.6 Å². The maximum Gasteiger partial charge on any atom is 0.239 e. The van der Waals surface area contributed by atoms with Crippen LogP contribution in [0.25, 0.3) is 0 Å². The van der Waals surface area contributed by atoms with E-state index < -0.39 is 6.04 Å². The first-order valence-corrected chi connectivity index (χ1v) is 6.70. The van der Waals surface area contributed by atoms with Gasteiger partial charge in [-0.2, -0.15) is 0 Å². The van der Waals surface area contributed by atoms with E-state index in [1.807, 2.05) is 19.1 Å². The molecule has 0 aliphatic carbocycles. The summed E-state index contributed by atoms with van der Waals surface area (Å²) < 4.78 is 10.3. The highest BCUT2D eigenvalue weighted by Gasteiger charge is 2.23. The van der Waals surface area contributed by atoms with Crippen molar-refractivity contribution in [3.05, 3.63) is 34.9 Å². The first-order valence-electron chi connectivity index (χ1n) is 6.32. The molecule has 3 N–H and O–H groups in total. The Morgan fingerprint density at radius 1 is 1.33 bits per heavy atom. The van der Waals surface area contributed by atoms with E-state index in [1.165, 1.54) is 7.11 Å². The summed E-state index contributed by atoms with van der Waals surface area (Å²) in [6.07, 6.45) is -0.272. The van der Waals surface area contributed by atoms with Crippen molar-refractivity contribution in [3.63, 3.8) is 0 Å². The van der Waals surface area contributed by atoms with Crippen molar-refractivity contribution >= 4 is 29.9 Å². The average Bonchev–Trinajstić information content (AvgIpc) is 2.42. The van der Waals surface area contributed by atoms with Gasteiger partial charge in [0.25, 0.3) is 0 Å². The van der Waals surface area contributed by atoms with Crippen molar-refractivity contribution in [1.29, 1.82) is 0 Å². The van der Waals surface area contributed by atoms with Crippen LogP contribution in [0.3, 0.4) is 0 Å². The molecule has 0 spiro atoms. The number of nitrogens with two attached hydrogens (primary N) is 1. The highest BCUT2D eigenvalue weighted by atomic mass is 35.5.